The summed E-state index contributed by atoms with van der Waals surface area (Å²) in [5.74, 6) is -4.41. The highest BCUT2D eigenvalue weighted by molar-refractivity contribution is 6.15. The average Bonchev–Trinajstić information content (AvgIpc) is 3.42. The SMILES string of the molecule is CCc1nc(C)c(C(F)(F)c2ccc(N3CCn4ncc(C(=O)Nc5cccc(C#N)c5)c4C3=O)cc2)nc1CC. The Morgan fingerprint density at radius 2 is 1.78 bits per heavy atom. The van der Waals surface area contributed by atoms with Crippen LogP contribution in [0, 0.1) is 18.3 Å². The fourth-order valence-electron chi connectivity index (χ4n) is 4.93. The van der Waals surface area contributed by atoms with E-state index in [4.69, 9.17) is 5.26 Å². The molecule has 0 atom stereocenters. The first-order valence-electron chi connectivity index (χ1n) is 13.2. The molecule has 0 radical (unpaired) electrons. The minimum Gasteiger partial charge on any atom is -0.322 e. The van der Waals surface area contributed by atoms with Gasteiger partial charge in [-0.05, 0) is 50.1 Å². The Balaban J connectivity index is 1.39. The number of amides is 2. The first-order chi connectivity index (χ1) is 19.7. The van der Waals surface area contributed by atoms with Gasteiger partial charge < -0.3 is 10.2 Å². The molecule has 0 bridgehead atoms. The van der Waals surface area contributed by atoms with Crippen molar-refractivity contribution in [3.05, 3.63) is 99.9 Å². The predicted molar refractivity (Wildman–Crippen MR) is 148 cm³/mol. The van der Waals surface area contributed by atoms with Gasteiger partial charge in [-0.25, -0.2) is 4.98 Å². The lowest BCUT2D eigenvalue weighted by atomic mass is 10.0. The minimum atomic E-state index is -3.38. The third-order valence-electron chi connectivity index (χ3n) is 7.05. The monoisotopic (exact) mass is 555 g/mol. The number of carbonyl (C=O) groups is 2. The molecule has 0 fully saturated rings. The molecule has 0 saturated carbocycles. The van der Waals surface area contributed by atoms with Gasteiger partial charge in [0.2, 0.25) is 0 Å². The van der Waals surface area contributed by atoms with Gasteiger partial charge in [-0.15, -0.1) is 0 Å². The molecular weight excluding hydrogens is 528 g/mol. The van der Waals surface area contributed by atoms with E-state index < -0.39 is 17.7 Å². The Hall–Kier alpha value is -4.98. The van der Waals surface area contributed by atoms with Crippen LogP contribution < -0.4 is 10.2 Å². The minimum absolute atomic E-state index is 0.0709. The van der Waals surface area contributed by atoms with Crippen LogP contribution in [0.1, 0.15) is 68.6 Å². The third-order valence-corrected chi connectivity index (χ3v) is 7.05. The lowest BCUT2D eigenvalue weighted by Crippen LogP contribution is -2.41. The zero-order valence-electron chi connectivity index (χ0n) is 22.8. The molecule has 1 N–H and O–H groups in total. The van der Waals surface area contributed by atoms with E-state index in [0.29, 0.717) is 47.7 Å². The molecule has 0 saturated heterocycles. The highest BCUT2D eigenvalue weighted by atomic mass is 19.3. The molecule has 2 aromatic carbocycles. The number of nitrogens with zero attached hydrogens (tertiary/aromatic N) is 6. The van der Waals surface area contributed by atoms with Crippen molar-refractivity contribution in [1.29, 1.82) is 5.26 Å². The molecule has 1 aliphatic heterocycles. The van der Waals surface area contributed by atoms with Gasteiger partial charge in [0.15, 0.2) is 0 Å². The van der Waals surface area contributed by atoms with Crippen molar-refractivity contribution in [2.45, 2.75) is 46.1 Å². The van der Waals surface area contributed by atoms with Gasteiger partial charge >= 0.3 is 5.92 Å². The van der Waals surface area contributed by atoms with E-state index in [0.717, 1.165) is 0 Å². The van der Waals surface area contributed by atoms with Gasteiger partial charge in [-0.3, -0.25) is 19.3 Å². The van der Waals surface area contributed by atoms with Crippen molar-refractivity contribution in [3.8, 4) is 6.07 Å². The first kappa shape index (κ1) is 27.6. The number of aryl methyl sites for hydroxylation is 3. The van der Waals surface area contributed by atoms with Crippen LogP contribution in [0.3, 0.4) is 0 Å². The number of anilines is 2. The average molecular weight is 556 g/mol. The van der Waals surface area contributed by atoms with Crippen LogP contribution in [-0.2, 0) is 25.3 Å². The van der Waals surface area contributed by atoms with Crippen LogP contribution in [0.25, 0.3) is 0 Å². The Bertz CT molecular complexity index is 1690. The molecule has 0 unspecified atom stereocenters. The summed E-state index contributed by atoms with van der Waals surface area (Å²) in [4.78, 5) is 36.6. The van der Waals surface area contributed by atoms with Gasteiger partial charge in [0.1, 0.15) is 11.4 Å². The number of alkyl halides is 2. The number of hydrogen-bond donors (Lipinski definition) is 1. The smallest absolute Gasteiger partial charge is 0.316 e. The molecule has 11 heteroatoms. The van der Waals surface area contributed by atoms with Gasteiger partial charge in [0.25, 0.3) is 11.8 Å². The van der Waals surface area contributed by atoms with Gasteiger partial charge in [-0.1, -0.05) is 32.0 Å². The number of nitriles is 1. The lowest BCUT2D eigenvalue weighted by molar-refractivity contribution is 0.0365. The highest BCUT2D eigenvalue weighted by Crippen LogP contribution is 2.37. The molecule has 9 nitrogen and oxygen atoms in total. The van der Waals surface area contributed by atoms with Crippen molar-refractivity contribution in [1.82, 2.24) is 19.7 Å². The topological polar surface area (TPSA) is 117 Å². The number of aromatic nitrogens is 4. The van der Waals surface area contributed by atoms with Crippen LogP contribution in [-0.4, -0.2) is 38.1 Å². The molecule has 2 amide bonds. The fraction of sp³-hybridized carbons (Fsp3) is 0.267. The van der Waals surface area contributed by atoms with Crippen molar-refractivity contribution >= 4 is 23.2 Å². The van der Waals surface area contributed by atoms with Crippen LogP contribution >= 0.6 is 0 Å². The summed E-state index contributed by atoms with van der Waals surface area (Å²) >= 11 is 0. The second-order valence-corrected chi connectivity index (χ2v) is 9.61. The number of nitrogens with one attached hydrogen (secondary N) is 1. The van der Waals surface area contributed by atoms with Crippen LogP contribution in [0.5, 0.6) is 0 Å². The number of carbonyl (C=O) groups excluding carboxylic acids is 2. The maximum absolute atomic E-state index is 15.6. The zero-order valence-corrected chi connectivity index (χ0v) is 22.8. The Kier molecular flexibility index (Phi) is 7.32. The molecular formula is C30H27F2N7O2. The zero-order chi connectivity index (χ0) is 29.3. The summed E-state index contributed by atoms with van der Waals surface area (Å²) in [6, 6.07) is 13.9. The van der Waals surface area contributed by atoms with Crippen LogP contribution in [0.2, 0.25) is 0 Å². The standard InChI is InChI=1S/C30H27F2N7O2/c1-4-24-25(5-2)37-27(18(3)35-24)30(31,32)20-9-11-22(12-10-20)38-13-14-39-26(29(38)41)23(17-34-39)28(40)36-21-8-6-7-19(15-21)16-33/h6-12,15,17H,4-5,13-14H2,1-3H3,(H,36,40). The van der Waals surface area contributed by atoms with E-state index in [1.807, 2.05) is 19.9 Å². The maximum atomic E-state index is 15.6. The molecule has 2 aromatic heterocycles. The Labute approximate surface area is 235 Å². The van der Waals surface area contributed by atoms with Crippen molar-refractivity contribution in [2.24, 2.45) is 0 Å². The summed E-state index contributed by atoms with van der Waals surface area (Å²) < 4.78 is 32.7. The third kappa shape index (κ3) is 5.04. The number of fused-ring (bicyclic) bond motifs is 1. The van der Waals surface area contributed by atoms with E-state index in [2.05, 4.69) is 20.4 Å². The second-order valence-electron chi connectivity index (χ2n) is 9.61. The molecule has 4 aromatic rings. The van der Waals surface area contributed by atoms with Crippen LogP contribution in [0.15, 0.2) is 54.7 Å². The molecule has 5 rings (SSSR count). The summed E-state index contributed by atoms with van der Waals surface area (Å²) in [6.07, 6.45) is 2.43. The summed E-state index contributed by atoms with van der Waals surface area (Å²) in [5, 5.41) is 16.0. The summed E-state index contributed by atoms with van der Waals surface area (Å²) in [5.41, 5.74) is 2.15. The van der Waals surface area contributed by atoms with Crippen molar-refractivity contribution < 1.29 is 18.4 Å². The molecule has 0 aliphatic carbocycles. The molecule has 3 heterocycles. The Morgan fingerprint density at radius 3 is 2.46 bits per heavy atom. The predicted octanol–water partition coefficient (Wildman–Crippen LogP) is 5.03. The quantitative estimate of drug-likeness (QED) is 0.342. The lowest BCUT2D eigenvalue weighted by Gasteiger charge is -2.28. The summed E-state index contributed by atoms with van der Waals surface area (Å²) in [6.45, 7) is 5.87. The number of rotatable bonds is 7. The Morgan fingerprint density at radius 1 is 1.07 bits per heavy atom. The van der Waals surface area contributed by atoms with Crippen LogP contribution in [0.4, 0.5) is 20.2 Å². The number of halogens is 2. The fourth-order valence-corrected chi connectivity index (χ4v) is 4.93. The van der Waals surface area contributed by atoms with E-state index in [-0.39, 0.29) is 34.8 Å². The van der Waals surface area contributed by atoms with Crippen molar-refractivity contribution in [2.75, 3.05) is 16.8 Å². The van der Waals surface area contributed by atoms with Gasteiger partial charge in [0, 0.05) is 23.5 Å². The largest absolute Gasteiger partial charge is 0.322 e. The molecule has 208 valence electrons. The molecule has 41 heavy (non-hydrogen) atoms. The number of hydrogen-bond acceptors (Lipinski definition) is 6. The maximum Gasteiger partial charge on any atom is 0.316 e. The van der Waals surface area contributed by atoms with E-state index in [1.165, 1.54) is 53.0 Å². The van der Waals surface area contributed by atoms with E-state index >= 15 is 8.78 Å². The molecule has 0 spiro atoms. The van der Waals surface area contributed by atoms with Gasteiger partial charge in [0.05, 0.1) is 47.0 Å². The van der Waals surface area contributed by atoms with E-state index in [9.17, 15) is 9.59 Å². The van der Waals surface area contributed by atoms with E-state index in [1.54, 1.807) is 18.2 Å². The summed E-state index contributed by atoms with van der Waals surface area (Å²) in [7, 11) is 0. The number of benzene rings is 2. The second kappa shape index (κ2) is 10.9. The normalized spacial score (nSPS) is 13.1. The van der Waals surface area contributed by atoms with Crippen molar-refractivity contribution in [3.63, 3.8) is 0 Å². The molecule has 1 aliphatic rings. The first-order valence-corrected chi connectivity index (χ1v) is 13.2. The van der Waals surface area contributed by atoms with Gasteiger partial charge in [-0.2, -0.15) is 19.1 Å². The highest BCUT2D eigenvalue weighted by Gasteiger charge is 2.39.